The van der Waals surface area contributed by atoms with Gasteiger partial charge in [-0.15, -0.1) is 0 Å². The molecule has 6 heteroatoms. The van der Waals surface area contributed by atoms with E-state index in [1.807, 2.05) is 30.1 Å². The number of aliphatic carboxylic acids is 1. The molecular formula is C13H20N2O4. The van der Waals surface area contributed by atoms with Crippen LogP contribution in [0.3, 0.4) is 0 Å². The highest BCUT2D eigenvalue weighted by molar-refractivity contribution is 5.73. The number of carboxylic acids is 1. The fourth-order valence-corrected chi connectivity index (χ4v) is 1.77. The fraction of sp³-hybridized carbons (Fsp3) is 0.462. The van der Waals surface area contributed by atoms with Crippen molar-refractivity contribution >= 4 is 5.97 Å². The third-order valence-corrected chi connectivity index (χ3v) is 2.73. The van der Waals surface area contributed by atoms with Crippen molar-refractivity contribution in [3.8, 4) is 11.5 Å². The minimum Gasteiger partial charge on any atom is -0.493 e. The van der Waals surface area contributed by atoms with Crippen molar-refractivity contribution < 1.29 is 19.4 Å². The Hall–Kier alpha value is -1.79. The minimum atomic E-state index is -1.00. The lowest BCUT2D eigenvalue weighted by Gasteiger charge is -2.19. The van der Waals surface area contributed by atoms with E-state index < -0.39 is 12.0 Å². The zero-order valence-electron chi connectivity index (χ0n) is 11.4. The first kappa shape index (κ1) is 15.3. The second kappa shape index (κ2) is 6.96. The van der Waals surface area contributed by atoms with Gasteiger partial charge in [-0.25, -0.2) is 0 Å². The van der Waals surface area contributed by atoms with Gasteiger partial charge in [0.1, 0.15) is 6.04 Å². The van der Waals surface area contributed by atoms with Gasteiger partial charge in [-0.1, -0.05) is 6.07 Å². The van der Waals surface area contributed by atoms with E-state index in [9.17, 15) is 4.79 Å². The molecule has 0 heterocycles. The van der Waals surface area contributed by atoms with Crippen molar-refractivity contribution in [1.29, 1.82) is 0 Å². The average Bonchev–Trinajstić information content (AvgIpc) is 2.38. The molecule has 1 aromatic carbocycles. The predicted molar refractivity (Wildman–Crippen MR) is 71.5 cm³/mol. The number of hydrogen-bond acceptors (Lipinski definition) is 5. The van der Waals surface area contributed by atoms with Crippen LogP contribution in [0.15, 0.2) is 18.2 Å². The molecule has 106 valence electrons. The van der Waals surface area contributed by atoms with Gasteiger partial charge in [0, 0.05) is 13.1 Å². The van der Waals surface area contributed by atoms with Gasteiger partial charge in [0.25, 0.3) is 0 Å². The van der Waals surface area contributed by atoms with E-state index in [1.54, 1.807) is 14.2 Å². The van der Waals surface area contributed by atoms with Gasteiger partial charge >= 0.3 is 5.97 Å². The molecule has 0 saturated carbocycles. The molecule has 3 N–H and O–H groups in total. The van der Waals surface area contributed by atoms with Crippen molar-refractivity contribution in [1.82, 2.24) is 4.90 Å². The summed E-state index contributed by atoms with van der Waals surface area (Å²) in [6.07, 6.45) is 0. The zero-order valence-corrected chi connectivity index (χ0v) is 11.4. The standard InChI is InChI=1S/C13H20N2O4/c1-15(8-10(14)13(16)17)7-9-4-5-11(18-2)12(6-9)19-3/h4-6,10H,7-8,14H2,1-3H3,(H,16,17). The molecule has 1 aromatic rings. The van der Waals surface area contributed by atoms with Crippen LogP contribution in [0, 0.1) is 0 Å². The maximum atomic E-state index is 10.7. The fourth-order valence-electron chi connectivity index (χ4n) is 1.77. The van der Waals surface area contributed by atoms with Crippen LogP contribution in [0.5, 0.6) is 11.5 Å². The normalized spacial score (nSPS) is 12.3. The summed E-state index contributed by atoms with van der Waals surface area (Å²) < 4.78 is 10.4. The SMILES string of the molecule is COc1ccc(CN(C)CC(N)C(=O)O)cc1OC. The molecule has 1 atom stereocenters. The van der Waals surface area contributed by atoms with E-state index in [2.05, 4.69) is 0 Å². The first-order valence-electron chi connectivity index (χ1n) is 5.85. The molecule has 0 aromatic heterocycles. The van der Waals surface area contributed by atoms with Crippen LogP contribution in [0.25, 0.3) is 0 Å². The highest BCUT2D eigenvalue weighted by atomic mass is 16.5. The van der Waals surface area contributed by atoms with Gasteiger partial charge in [0.2, 0.25) is 0 Å². The predicted octanol–water partition coefficient (Wildman–Crippen LogP) is 0.548. The number of rotatable bonds is 7. The van der Waals surface area contributed by atoms with Crippen molar-refractivity contribution in [3.05, 3.63) is 23.8 Å². The molecule has 0 fully saturated rings. The third kappa shape index (κ3) is 4.42. The van der Waals surface area contributed by atoms with E-state index in [0.717, 1.165) is 5.56 Å². The highest BCUT2D eigenvalue weighted by Crippen LogP contribution is 2.27. The van der Waals surface area contributed by atoms with Gasteiger partial charge in [0.15, 0.2) is 11.5 Å². The smallest absolute Gasteiger partial charge is 0.321 e. The van der Waals surface area contributed by atoms with Crippen LogP contribution in [-0.2, 0) is 11.3 Å². The van der Waals surface area contributed by atoms with E-state index >= 15 is 0 Å². The molecule has 0 aliphatic rings. The van der Waals surface area contributed by atoms with Crippen molar-refractivity contribution in [3.63, 3.8) is 0 Å². The number of carboxylic acid groups (broad SMARTS) is 1. The summed E-state index contributed by atoms with van der Waals surface area (Å²) in [5, 5.41) is 8.76. The summed E-state index contributed by atoms with van der Waals surface area (Å²) in [7, 11) is 4.97. The van der Waals surface area contributed by atoms with Crippen LogP contribution in [0.1, 0.15) is 5.56 Å². The second-order valence-electron chi connectivity index (χ2n) is 4.33. The van der Waals surface area contributed by atoms with E-state index in [-0.39, 0.29) is 6.54 Å². The molecule has 0 aliphatic carbocycles. The molecule has 0 bridgehead atoms. The molecule has 0 aliphatic heterocycles. The quantitative estimate of drug-likeness (QED) is 0.751. The summed E-state index contributed by atoms with van der Waals surface area (Å²) in [6.45, 7) is 0.866. The summed E-state index contributed by atoms with van der Waals surface area (Å²) in [6, 6.07) is 4.70. The van der Waals surface area contributed by atoms with Gasteiger partial charge in [-0.05, 0) is 24.7 Å². The maximum Gasteiger partial charge on any atom is 0.321 e. The van der Waals surface area contributed by atoms with Crippen LogP contribution in [0.4, 0.5) is 0 Å². The maximum absolute atomic E-state index is 10.7. The Balaban J connectivity index is 2.69. The first-order chi connectivity index (χ1) is 8.97. The summed E-state index contributed by atoms with van der Waals surface area (Å²) in [4.78, 5) is 12.5. The molecule has 19 heavy (non-hydrogen) atoms. The van der Waals surface area contributed by atoms with Crippen LogP contribution in [-0.4, -0.2) is 49.8 Å². The highest BCUT2D eigenvalue weighted by Gasteiger charge is 2.14. The zero-order chi connectivity index (χ0) is 14.4. The number of likely N-dealkylation sites (N-methyl/N-ethyl adjacent to an activating group) is 1. The molecule has 1 unspecified atom stereocenters. The Labute approximate surface area is 112 Å². The lowest BCUT2D eigenvalue weighted by Crippen LogP contribution is -2.40. The molecule has 0 amide bonds. The molecule has 0 radical (unpaired) electrons. The lowest BCUT2D eigenvalue weighted by molar-refractivity contribution is -0.138. The van der Waals surface area contributed by atoms with E-state index in [1.165, 1.54) is 0 Å². The average molecular weight is 268 g/mol. The van der Waals surface area contributed by atoms with Crippen LogP contribution in [0.2, 0.25) is 0 Å². The van der Waals surface area contributed by atoms with Crippen LogP contribution < -0.4 is 15.2 Å². The molecule has 0 saturated heterocycles. The lowest BCUT2D eigenvalue weighted by atomic mass is 10.2. The largest absolute Gasteiger partial charge is 0.493 e. The summed E-state index contributed by atoms with van der Waals surface area (Å²) >= 11 is 0. The summed E-state index contributed by atoms with van der Waals surface area (Å²) in [5.41, 5.74) is 6.48. The number of benzene rings is 1. The monoisotopic (exact) mass is 268 g/mol. The van der Waals surface area contributed by atoms with Crippen molar-refractivity contribution in [2.45, 2.75) is 12.6 Å². The number of nitrogens with zero attached hydrogens (tertiary/aromatic N) is 1. The van der Waals surface area contributed by atoms with Gasteiger partial charge in [-0.2, -0.15) is 0 Å². The van der Waals surface area contributed by atoms with E-state index in [0.29, 0.717) is 18.0 Å². The molecular weight excluding hydrogens is 248 g/mol. The van der Waals surface area contributed by atoms with Crippen molar-refractivity contribution in [2.75, 3.05) is 27.8 Å². The number of hydrogen-bond donors (Lipinski definition) is 2. The first-order valence-corrected chi connectivity index (χ1v) is 5.85. The van der Waals surface area contributed by atoms with Gasteiger partial charge in [0.05, 0.1) is 14.2 Å². The Morgan fingerprint density at radius 3 is 2.53 bits per heavy atom. The number of nitrogens with two attached hydrogens (primary N) is 1. The Kier molecular flexibility index (Phi) is 5.59. The van der Waals surface area contributed by atoms with Crippen LogP contribution >= 0.6 is 0 Å². The Morgan fingerprint density at radius 2 is 2.00 bits per heavy atom. The Morgan fingerprint density at radius 1 is 1.37 bits per heavy atom. The van der Waals surface area contributed by atoms with Gasteiger partial charge < -0.3 is 20.3 Å². The third-order valence-electron chi connectivity index (χ3n) is 2.73. The topological polar surface area (TPSA) is 85.0 Å². The van der Waals surface area contributed by atoms with Gasteiger partial charge in [-0.3, -0.25) is 9.69 Å². The Bertz CT molecular complexity index is 437. The number of ether oxygens (including phenoxy) is 2. The second-order valence-corrected chi connectivity index (χ2v) is 4.33. The summed E-state index contributed by atoms with van der Waals surface area (Å²) in [5.74, 6) is 0.311. The number of carbonyl (C=O) groups is 1. The van der Waals surface area contributed by atoms with Crippen molar-refractivity contribution in [2.24, 2.45) is 5.73 Å². The molecule has 1 rings (SSSR count). The molecule has 6 nitrogen and oxygen atoms in total. The molecule has 0 spiro atoms. The van der Waals surface area contributed by atoms with E-state index in [4.69, 9.17) is 20.3 Å². The number of methoxy groups -OCH3 is 2. The minimum absolute atomic E-state index is 0.281.